The van der Waals surface area contributed by atoms with Crippen LogP contribution in [0.2, 0.25) is 0 Å². The van der Waals surface area contributed by atoms with E-state index in [9.17, 15) is 0 Å². The van der Waals surface area contributed by atoms with Crippen molar-refractivity contribution >= 4 is 103 Å². The minimum absolute atomic E-state index is 0.424. The topological polar surface area (TPSA) is 99.7 Å². The van der Waals surface area contributed by atoms with Crippen molar-refractivity contribution in [3.05, 3.63) is 166 Å². The average molecular weight is 1160 g/mol. The molecule has 0 saturated heterocycles. The zero-order chi connectivity index (χ0) is 56.3. The maximum absolute atomic E-state index is 5.17. The molecule has 6 heterocycles. The maximum atomic E-state index is 5.17. The molecule has 0 atom stereocenters. The third kappa shape index (κ3) is 15.9. The van der Waals surface area contributed by atoms with Gasteiger partial charge in [0.15, 0.2) is 11.6 Å². The van der Waals surface area contributed by atoms with Gasteiger partial charge in [0.2, 0.25) is 11.9 Å². The van der Waals surface area contributed by atoms with Crippen molar-refractivity contribution in [3.8, 4) is 40.4 Å². The largest absolute Gasteiger partial charge is 0.338 e. The summed E-state index contributed by atoms with van der Waals surface area (Å²) in [5.41, 5.74) is 13.0. The van der Waals surface area contributed by atoms with Crippen molar-refractivity contribution in [2.24, 2.45) is 0 Å². The Morgan fingerprint density at radius 2 is 0.707 bits per heavy atom. The molecule has 0 fully saturated rings. The van der Waals surface area contributed by atoms with Gasteiger partial charge in [0.05, 0.1) is 0 Å². The van der Waals surface area contributed by atoms with Gasteiger partial charge in [-0.15, -0.1) is 45.3 Å². The molecule has 8 nitrogen and oxygen atoms in total. The molecule has 82 heavy (non-hydrogen) atoms. The molecule has 0 aliphatic rings. The van der Waals surface area contributed by atoms with Crippen LogP contribution in [0, 0.1) is 0 Å². The van der Waals surface area contributed by atoms with Crippen LogP contribution in [-0.2, 0) is 25.7 Å². The van der Waals surface area contributed by atoms with E-state index in [4.69, 9.17) is 19.9 Å². The van der Waals surface area contributed by atoms with Gasteiger partial charge in [-0.3, -0.25) is 0 Å². The number of aromatic nitrogens is 4. The van der Waals surface area contributed by atoms with Crippen LogP contribution in [0.25, 0.3) is 51.4 Å². The Morgan fingerprint density at radius 3 is 1.09 bits per heavy atom. The van der Waals surface area contributed by atoms with Gasteiger partial charge >= 0.3 is 0 Å². The quantitative estimate of drug-likeness (QED) is 0.0310. The lowest BCUT2D eigenvalue weighted by Crippen LogP contribution is -2.08. The fourth-order valence-corrected chi connectivity index (χ4v) is 15.1. The maximum Gasteiger partial charge on any atom is 0.230 e. The van der Waals surface area contributed by atoms with Gasteiger partial charge < -0.3 is 21.3 Å². The van der Waals surface area contributed by atoms with E-state index in [0.717, 1.165) is 35.6 Å². The second-order valence-corrected chi connectivity index (χ2v) is 25.6. The van der Waals surface area contributed by atoms with Gasteiger partial charge in [-0.1, -0.05) is 165 Å². The first-order valence-corrected chi connectivity index (χ1v) is 33.7. The van der Waals surface area contributed by atoms with Gasteiger partial charge in [-0.05, 0) is 168 Å². The predicted molar refractivity (Wildman–Crippen MR) is 359 cm³/mol. The van der Waals surface area contributed by atoms with Crippen molar-refractivity contribution in [3.63, 3.8) is 0 Å². The smallest absolute Gasteiger partial charge is 0.230 e. The van der Waals surface area contributed by atoms with Crippen molar-refractivity contribution in [2.75, 3.05) is 21.3 Å². The number of anilines is 8. The highest BCUT2D eigenvalue weighted by atomic mass is 32.1. The van der Waals surface area contributed by atoms with Crippen molar-refractivity contribution < 1.29 is 0 Å². The number of para-hydroxylation sites is 2. The van der Waals surface area contributed by atoms with E-state index in [-0.39, 0.29) is 0 Å². The van der Waals surface area contributed by atoms with Crippen molar-refractivity contribution in [1.29, 1.82) is 0 Å². The van der Waals surface area contributed by atoms with Gasteiger partial charge in [-0.2, -0.15) is 9.97 Å². The molecule has 0 saturated carbocycles. The molecule has 0 unspecified atom stereocenters. The first kappa shape index (κ1) is 58.5. The Kier molecular flexibility index (Phi) is 21.4. The Bertz CT molecular complexity index is 3310. The molecule has 10 aromatic rings. The molecular formula is C70H80N8S4. The summed E-state index contributed by atoms with van der Waals surface area (Å²) in [7, 11) is 0. The number of nitrogens with one attached hydrogen (secondary N) is 4. The lowest BCUT2D eigenvalue weighted by molar-refractivity contribution is 0.667. The van der Waals surface area contributed by atoms with Crippen LogP contribution in [-0.4, -0.2) is 19.9 Å². The molecule has 0 aliphatic heterocycles. The summed E-state index contributed by atoms with van der Waals surface area (Å²) in [5.74, 6) is 1.95. The van der Waals surface area contributed by atoms with Gasteiger partial charge in [0.25, 0.3) is 0 Å². The van der Waals surface area contributed by atoms with Crippen LogP contribution >= 0.6 is 45.3 Å². The second-order valence-electron chi connectivity index (χ2n) is 21.7. The Hall–Kier alpha value is -6.70. The minimum atomic E-state index is 0.424. The third-order valence-corrected chi connectivity index (χ3v) is 19.8. The standard InChI is InChI=1S/C70H80N8S4/c1-5-9-13-19-27-49-43-61(79-47-49)65-53(29-21-15-11-7-3)45-59(81-65)51-35-39-57(40-36-51)73-69-75-63-64(67(77-69)71-55-31-23-17-24-32-55)76-70(78-68(63)72-56-33-25-18-26-34-56)74-58-41-37-52(38-42-58)60-46-54(30-22-16-12-8-4)66(82-60)62-44-50(48-80-62)28-20-14-10-6-2/h17-18,23-26,31-48H,5-16,19-22,27-30H2,1-4H3,(H2,71,73,75,77)(H2,72,74,76,78). The number of hydrogen-bond donors (Lipinski definition) is 4. The molecule has 0 aliphatic carbocycles. The zero-order valence-corrected chi connectivity index (χ0v) is 51.7. The first-order chi connectivity index (χ1) is 40.4. The lowest BCUT2D eigenvalue weighted by atomic mass is 10.0. The SMILES string of the molecule is CCCCCCc1csc(-c2sc(-c3ccc(Nc4nc(Nc5ccccc5)c5nc(Nc6ccc(-c7cc(CCCCCC)c(-c8cc(CCCCCC)cs8)s7)cc6)nc(Nc6ccccc6)c5n4)cc3)cc2CCCCCC)c1. The lowest BCUT2D eigenvalue weighted by Gasteiger charge is -2.16. The average Bonchev–Trinajstić information content (AvgIpc) is 3.49. The molecule has 424 valence electrons. The Morgan fingerprint density at radius 1 is 0.341 bits per heavy atom. The molecule has 6 aromatic heterocycles. The summed E-state index contributed by atoms with van der Waals surface area (Å²) < 4.78 is 0. The zero-order valence-electron chi connectivity index (χ0n) is 48.4. The normalized spacial score (nSPS) is 11.4. The Labute approximate surface area is 503 Å². The molecule has 12 heteroatoms. The highest BCUT2D eigenvalue weighted by Crippen LogP contribution is 2.44. The van der Waals surface area contributed by atoms with Crippen LogP contribution in [0.5, 0.6) is 0 Å². The first-order valence-electron chi connectivity index (χ1n) is 30.3. The highest BCUT2D eigenvalue weighted by Gasteiger charge is 2.20. The van der Waals surface area contributed by atoms with E-state index >= 15 is 0 Å². The number of thiophene rings is 4. The summed E-state index contributed by atoms with van der Waals surface area (Å²) >= 11 is 7.68. The van der Waals surface area contributed by atoms with E-state index in [1.807, 2.05) is 106 Å². The fourth-order valence-electron chi connectivity index (χ4n) is 10.5. The number of aryl methyl sites for hydroxylation is 4. The molecular weight excluding hydrogens is 1080 g/mol. The van der Waals surface area contributed by atoms with E-state index in [0.29, 0.717) is 34.6 Å². The molecule has 0 amide bonds. The molecule has 0 radical (unpaired) electrons. The monoisotopic (exact) mass is 1160 g/mol. The molecule has 0 bridgehead atoms. The molecule has 10 rings (SSSR count). The van der Waals surface area contributed by atoms with Gasteiger partial charge in [0, 0.05) is 52.0 Å². The predicted octanol–water partition coefficient (Wildman–Crippen LogP) is 22.8. The number of rotatable bonds is 32. The van der Waals surface area contributed by atoms with Crippen LogP contribution < -0.4 is 21.3 Å². The summed E-state index contributed by atoms with van der Waals surface area (Å²) in [6.07, 6.45) is 24.9. The van der Waals surface area contributed by atoms with Crippen LogP contribution in [0.4, 0.5) is 46.3 Å². The summed E-state index contributed by atoms with van der Waals surface area (Å²) in [6.45, 7) is 9.14. The van der Waals surface area contributed by atoms with E-state index in [2.05, 4.69) is 133 Å². The van der Waals surface area contributed by atoms with Gasteiger partial charge in [0.1, 0.15) is 11.0 Å². The number of nitrogens with zero attached hydrogens (tertiary/aromatic N) is 4. The molecule has 4 aromatic carbocycles. The van der Waals surface area contributed by atoms with Gasteiger partial charge in [-0.25, -0.2) is 9.97 Å². The number of hydrogen-bond acceptors (Lipinski definition) is 12. The van der Waals surface area contributed by atoms with Crippen LogP contribution in [0.3, 0.4) is 0 Å². The number of unbranched alkanes of at least 4 members (excludes halogenated alkanes) is 12. The fraction of sp³-hybridized carbons (Fsp3) is 0.343. The summed E-state index contributed by atoms with van der Waals surface area (Å²) in [5, 5.41) is 19.1. The molecule has 4 N–H and O–H groups in total. The highest BCUT2D eigenvalue weighted by molar-refractivity contribution is 7.24. The Balaban J connectivity index is 0.926. The number of fused-ring (bicyclic) bond motifs is 1. The van der Waals surface area contributed by atoms with Crippen molar-refractivity contribution in [2.45, 2.75) is 156 Å². The molecule has 0 spiro atoms. The van der Waals surface area contributed by atoms with Crippen LogP contribution in [0.15, 0.2) is 144 Å². The van der Waals surface area contributed by atoms with E-state index in [1.54, 1.807) is 0 Å². The minimum Gasteiger partial charge on any atom is -0.338 e. The number of benzene rings is 4. The third-order valence-electron chi connectivity index (χ3n) is 15.1. The van der Waals surface area contributed by atoms with E-state index < -0.39 is 0 Å². The second kappa shape index (κ2) is 30.0. The van der Waals surface area contributed by atoms with E-state index in [1.165, 1.54) is 178 Å². The summed E-state index contributed by atoms with van der Waals surface area (Å²) in [4.78, 5) is 28.9. The van der Waals surface area contributed by atoms with Crippen LogP contribution in [0.1, 0.15) is 153 Å². The summed E-state index contributed by atoms with van der Waals surface area (Å²) in [6, 6.07) is 47.4. The van der Waals surface area contributed by atoms with Crippen molar-refractivity contribution in [1.82, 2.24) is 19.9 Å².